The molecule has 0 saturated carbocycles. The van der Waals surface area contributed by atoms with Crippen LogP contribution in [-0.2, 0) is 11.3 Å². The van der Waals surface area contributed by atoms with Gasteiger partial charge in [-0.15, -0.1) is 0 Å². The van der Waals surface area contributed by atoms with Crippen molar-refractivity contribution < 1.29 is 13.9 Å². The molecule has 1 aromatic carbocycles. The summed E-state index contributed by atoms with van der Waals surface area (Å²) in [6, 6.07) is 12.3. The molecule has 5 heteroatoms. The monoisotopic (exact) mass is 384 g/mol. The van der Waals surface area contributed by atoms with Gasteiger partial charge in [0.1, 0.15) is 11.5 Å². The Balaban J connectivity index is 1.80. The van der Waals surface area contributed by atoms with Gasteiger partial charge in [0.15, 0.2) is 0 Å². The van der Waals surface area contributed by atoms with Gasteiger partial charge < -0.3 is 14.1 Å². The summed E-state index contributed by atoms with van der Waals surface area (Å²) in [6.45, 7) is 10.3. The van der Waals surface area contributed by atoms with Gasteiger partial charge in [-0.25, -0.2) is 0 Å². The highest BCUT2D eigenvalue weighted by molar-refractivity contribution is 5.73. The Kier molecular flexibility index (Phi) is 6.79. The fourth-order valence-corrected chi connectivity index (χ4v) is 4.20. The zero-order chi connectivity index (χ0) is 20.1. The van der Waals surface area contributed by atoms with Gasteiger partial charge in [0, 0.05) is 39.0 Å². The summed E-state index contributed by atoms with van der Waals surface area (Å²) in [6.07, 6.45) is 1.72. The molecule has 1 fully saturated rings. The van der Waals surface area contributed by atoms with E-state index in [2.05, 4.69) is 36.9 Å². The Morgan fingerprint density at radius 1 is 1.29 bits per heavy atom. The maximum atomic E-state index is 12.2. The first-order valence-corrected chi connectivity index (χ1v) is 10.1. The maximum absolute atomic E-state index is 12.2. The first-order chi connectivity index (χ1) is 13.5. The Bertz CT molecular complexity index is 757. The summed E-state index contributed by atoms with van der Waals surface area (Å²) in [4.78, 5) is 16.7. The zero-order valence-corrected chi connectivity index (χ0v) is 17.4. The lowest BCUT2D eigenvalue weighted by Crippen LogP contribution is -2.38. The second kappa shape index (κ2) is 9.28. The minimum Gasteiger partial charge on any atom is -0.497 e. The molecule has 1 aromatic heterocycles. The Morgan fingerprint density at radius 3 is 2.75 bits per heavy atom. The van der Waals surface area contributed by atoms with E-state index in [9.17, 15) is 4.79 Å². The average Bonchev–Trinajstić information content (AvgIpc) is 3.31. The SMILES string of the molecule is COc1cccc([C@@H]2CN(Cc3ccco3)C[C@@H]2CN(CC(C)C)C(C)=O)c1. The quantitative estimate of drug-likeness (QED) is 0.690. The predicted octanol–water partition coefficient (Wildman–Crippen LogP) is 4.01. The summed E-state index contributed by atoms with van der Waals surface area (Å²) in [5, 5.41) is 0. The molecule has 0 bridgehead atoms. The van der Waals surface area contributed by atoms with Crippen molar-refractivity contribution in [3.05, 3.63) is 54.0 Å². The number of benzene rings is 1. The first-order valence-electron chi connectivity index (χ1n) is 10.1. The molecule has 3 rings (SSSR count). The van der Waals surface area contributed by atoms with Crippen LogP contribution in [-0.4, -0.2) is 49.0 Å². The van der Waals surface area contributed by atoms with Crippen LogP contribution in [0.25, 0.3) is 0 Å². The van der Waals surface area contributed by atoms with E-state index in [1.165, 1.54) is 5.56 Å². The van der Waals surface area contributed by atoms with E-state index < -0.39 is 0 Å². The third-order valence-corrected chi connectivity index (χ3v) is 5.48. The molecular formula is C23H32N2O3. The lowest BCUT2D eigenvalue weighted by Gasteiger charge is -2.29. The predicted molar refractivity (Wildman–Crippen MR) is 110 cm³/mol. The van der Waals surface area contributed by atoms with Crippen LogP contribution < -0.4 is 4.74 Å². The van der Waals surface area contributed by atoms with E-state index in [-0.39, 0.29) is 5.91 Å². The highest BCUT2D eigenvalue weighted by Gasteiger charge is 2.35. The summed E-state index contributed by atoms with van der Waals surface area (Å²) in [5.74, 6) is 3.22. The maximum Gasteiger partial charge on any atom is 0.219 e. The minimum atomic E-state index is 0.155. The first kappa shape index (κ1) is 20.5. The van der Waals surface area contributed by atoms with Gasteiger partial charge in [0.25, 0.3) is 0 Å². The van der Waals surface area contributed by atoms with Crippen LogP contribution >= 0.6 is 0 Å². The normalized spacial score (nSPS) is 19.9. The molecular weight excluding hydrogens is 352 g/mol. The number of hydrogen-bond acceptors (Lipinski definition) is 4. The topological polar surface area (TPSA) is 45.9 Å². The number of carbonyl (C=O) groups excluding carboxylic acids is 1. The van der Waals surface area contributed by atoms with Crippen molar-refractivity contribution in [2.24, 2.45) is 11.8 Å². The molecule has 1 aliphatic heterocycles. The number of hydrogen-bond donors (Lipinski definition) is 0. The van der Waals surface area contributed by atoms with E-state index in [1.54, 1.807) is 20.3 Å². The van der Waals surface area contributed by atoms with Crippen LogP contribution in [0.15, 0.2) is 47.1 Å². The molecule has 1 saturated heterocycles. The largest absolute Gasteiger partial charge is 0.497 e. The van der Waals surface area contributed by atoms with E-state index in [4.69, 9.17) is 9.15 Å². The second-order valence-electron chi connectivity index (χ2n) is 8.23. The summed E-state index contributed by atoms with van der Waals surface area (Å²) in [5.41, 5.74) is 1.28. The Hall–Kier alpha value is -2.27. The van der Waals surface area contributed by atoms with Gasteiger partial charge in [-0.1, -0.05) is 26.0 Å². The standard InChI is InChI=1S/C23H32N2O3/c1-17(2)12-25(18(3)26)14-20-13-24(15-22-9-6-10-28-22)16-23(20)19-7-5-8-21(11-19)27-4/h5-11,17,20,23H,12-16H2,1-4H3/t20-,23+/m1/s1. The molecule has 1 aliphatic rings. The van der Waals surface area contributed by atoms with Crippen molar-refractivity contribution in [3.63, 3.8) is 0 Å². The molecule has 28 heavy (non-hydrogen) atoms. The molecule has 2 atom stereocenters. The molecule has 152 valence electrons. The van der Waals surface area contributed by atoms with Gasteiger partial charge in [-0.3, -0.25) is 9.69 Å². The van der Waals surface area contributed by atoms with Crippen molar-refractivity contribution >= 4 is 5.91 Å². The summed E-state index contributed by atoms with van der Waals surface area (Å²) < 4.78 is 11.0. The molecule has 0 spiro atoms. The van der Waals surface area contributed by atoms with Gasteiger partial charge in [-0.05, 0) is 41.7 Å². The van der Waals surface area contributed by atoms with Crippen LogP contribution in [0.4, 0.5) is 0 Å². The fourth-order valence-electron chi connectivity index (χ4n) is 4.20. The minimum absolute atomic E-state index is 0.155. The van der Waals surface area contributed by atoms with Gasteiger partial charge in [0.2, 0.25) is 5.91 Å². The van der Waals surface area contributed by atoms with E-state index in [1.807, 2.05) is 23.1 Å². The smallest absolute Gasteiger partial charge is 0.219 e. The summed E-state index contributed by atoms with van der Waals surface area (Å²) >= 11 is 0. The van der Waals surface area contributed by atoms with Crippen molar-refractivity contribution in [1.29, 1.82) is 0 Å². The molecule has 0 radical (unpaired) electrons. The lowest BCUT2D eigenvalue weighted by atomic mass is 9.88. The second-order valence-corrected chi connectivity index (χ2v) is 8.23. The van der Waals surface area contributed by atoms with Gasteiger partial charge in [-0.2, -0.15) is 0 Å². The lowest BCUT2D eigenvalue weighted by molar-refractivity contribution is -0.130. The Labute approximate surface area is 168 Å². The van der Waals surface area contributed by atoms with Gasteiger partial charge in [0.05, 0.1) is 19.9 Å². The number of ether oxygens (including phenoxy) is 1. The highest BCUT2D eigenvalue weighted by atomic mass is 16.5. The number of methoxy groups -OCH3 is 1. The molecule has 0 aliphatic carbocycles. The van der Waals surface area contributed by atoms with Crippen molar-refractivity contribution in [1.82, 2.24) is 9.80 Å². The number of furan rings is 1. The van der Waals surface area contributed by atoms with E-state index >= 15 is 0 Å². The highest BCUT2D eigenvalue weighted by Crippen LogP contribution is 2.35. The van der Waals surface area contributed by atoms with Crippen molar-refractivity contribution in [2.45, 2.75) is 33.2 Å². The van der Waals surface area contributed by atoms with E-state index in [0.717, 1.165) is 44.2 Å². The number of amides is 1. The van der Waals surface area contributed by atoms with Crippen LogP contribution in [0.2, 0.25) is 0 Å². The van der Waals surface area contributed by atoms with E-state index in [0.29, 0.717) is 17.8 Å². The third-order valence-electron chi connectivity index (χ3n) is 5.48. The van der Waals surface area contributed by atoms with Crippen LogP contribution in [0.5, 0.6) is 5.75 Å². The van der Waals surface area contributed by atoms with Crippen LogP contribution in [0.3, 0.4) is 0 Å². The molecule has 0 unspecified atom stereocenters. The number of likely N-dealkylation sites (tertiary alicyclic amines) is 1. The molecule has 2 heterocycles. The molecule has 5 nitrogen and oxygen atoms in total. The molecule has 1 amide bonds. The number of nitrogens with zero attached hydrogens (tertiary/aromatic N) is 2. The molecule has 0 N–H and O–H groups in total. The number of carbonyl (C=O) groups is 1. The molecule has 2 aromatic rings. The third kappa shape index (κ3) is 5.16. The fraction of sp³-hybridized carbons (Fsp3) is 0.522. The van der Waals surface area contributed by atoms with Crippen molar-refractivity contribution in [2.75, 3.05) is 33.3 Å². The van der Waals surface area contributed by atoms with Crippen molar-refractivity contribution in [3.8, 4) is 5.75 Å². The van der Waals surface area contributed by atoms with Crippen LogP contribution in [0, 0.1) is 11.8 Å². The Morgan fingerprint density at radius 2 is 2.11 bits per heavy atom. The van der Waals surface area contributed by atoms with Gasteiger partial charge >= 0.3 is 0 Å². The number of rotatable bonds is 8. The zero-order valence-electron chi connectivity index (χ0n) is 17.4. The van der Waals surface area contributed by atoms with Crippen LogP contribution in [0.1, 0.15) is 38.0 Å². The average molecular weight is 385 g/mol. The summed E-state index contributed by atoms with van der Waals surface area (Å²) in [7, 11) is 1.70.